The standard InChI is InChI=1S/C15H16N2O4/c1-10-4-5-11(14(19)16-6-7-18)9-12(10)17-15(20)13-3-2-8-21-13/h2-5,8-9,18H,6-7H2,1H3,(H,16,19)(H,17,20). The van der Waals surface area contributed by atoms with Crippen LogP contribution in [0.1, 0.15) is 26.5 Å². The molecule has 0 aliphatic rings. The van der Waals surface area contributed by atoms with Crippen LogP contribution in [0.2, 0.25) is 0 Å². The lowest BCUT2D eigenvalue weighted by molar-refractivity contribution is 0.0943. The molecule has 2 aromatic rings. The molecule has 0 aliphatic carbocycles. The summed E-state index contributed by atoms with van der Waals surface area (Å²) in [6.07, 6.45) is 1.42. The van der Waals surface area contributed by atoms with Gasteiger partial charge in [-0.25, -0.2) is 0 Å². The summed E-state index contributed by atoms with van der Waals surface area (Å²) in [5.74, 6) is -0.488. The topological polar surface area (TPSA) is 91.6 Å². The Hall–Kier alpha value is -2.60. The first-order valence-electron chi connectivity index (χ1n) is 6.46. The van der Waals surface area contributed by atoms with Gasteiger partial charge < -0.3 is 20.2 Å². The van der Waals surface area contributed by atoms with Gasteiger partial charge >= 0.3 is 0 Å². The molecule has 110 valence electrons. The van der Waals surface area contributed by atoms with E-state index >= 15 is 0 Å². The van der Waals surface area contributed by atoms with Gasteiger partial charge in [0.1, 0.15) is 0 Å². The van der Waals surface area contributed by atoms with Crippen molar-refractivity contribution < 1.29 is 19.1 Å². The zero-order chi connectivity index (χ0) is 15.2. The fraction of sp³-hybridized carbons (Fsp3) is 0.200. The maximum atomic E-state index is 11.9. The largest absolute Gasteiger partial charge is 0.459 e. The van der Waals surface area contributed by atoms with Crippen molar-refractivity contribution in [3.63, 3.8) is 0 Å². The highest BCUT2D eigenvalue weighted by atomic mass is 16.3. The summed E-state index contributed by atoms with van der Waals surface area (Å²) in [6.45, 7) is 1.88. The number of hydrogen-bond donors (Lipinski definition) is 3. The Balaban J connectivity index is 2.15. The molecule has 0 radical (unpaired) electrons. The highest BCUT2D eigenvalue weighted by Crippen LogP contribution is 2.18. The van der Waals surface area contributed by atoms with E-state index in [-0.39, 0.29) is 30.7 Å². The number of aliphatic hydroxyl groups excluding tert-OH is 1. The predicted octanol–water partition coefficient (Wildman–Crippen LogP) is 1.56. The van der Waals surface area contributed by atoms with Gasteiger partial charge in [-0.2, -0.15) is 0 Å². The minimum absolute atomic E-state index is 0.125. The molecule has 21 heavy (non-hydrogen) atoms. The van der Waals surface area contributed by atoms with Gasteiger partial charge in [0.25, 0.3) is 11.8 Å². The van der Waals surface area contributed by atoms with Gasteiger partial charge in [-0.15, -0.1) is 0 Å². The zero-order valence-corrected chi connectivity index (χ0v) is 11.6. The molecule has 0 fully saturated rings. The number of carbonyl (C=O) groups is 2. The van der Waals surface area contributed by atoms with Crippen molar-refractivity contribution >= 4 is 17.5 Å². The Morgan fingerprint density at radius 3 is 2.71 bits per heavy atom. The van der Waals surface area contributed by atoms with E-state index in [4.69, 9.17) is 9.52 Å². The number of benzene rings is 1. The van der Waals surface area contributed by atoms with Crippen LogP contribution in [-0.4, -0.2) is 30.1 Å². The van der Waals surface area contributed by atoms with Crippen molar-refractivity contribution in [2.75, 3.05) is 18.5 Å². The van der Waals surface area contributed by atoms with Gasteiger partial charge in [-0.3, -0.25) is 9.59 Å². The van der Waals surface area contributed by atoms with Crippen LogP contribution in [-0.2, 0) is 0 Å². The maximum absolute atomic E-state index is 11.9. The Bertz CT molecular complexity index is 635. The van der Waals surface area contributed by atoms with Crippen LogP contribution in [0, 0.1) is 6.92 Å². The number of carbonyl (C=O) groups excluding carboxylic acids is 2. The highest BCUT2D eigenvalue weighted by Gasteiger charge is 2.12. The molecule has 1 aromatic heterocycles. The summed E-state index contributed by atoms with van der Waals surface area (Å²) in [4.78, 5) is 23.8. The molecular formula is C15H16N2O4. The molecule has 0 bridgehead atoms. The van der Waals surface area contributed by atoms with Crippen molar-refractivity contribution in [1.82, 2.24) is 5.32 Å². The molecule has 2 rings (SSSR count). The number of amides is 2. The second-order valence-electron chi connectivity index (χ2n) is 4.44. The normalized spacial score (nSPS) is 10.2. The summed E-state index contributed by atoms with van der Waals surface area (Å²) >= 11 is 0. The molecule has 0 unspecified atom stereocenters. The third-order valence-electron chi connectivity index (χ3n) is 2.89. The lowest BCUT2D eigenvalue weighted by Gasteiger charge is -2.10. The fourth-order valence-corrected chi connectivity index (χ4v) is 1.76. The third kappa shape index (κ3) is 3.70. The summed E-state index contributed by atoms with van der Waals surface area (Å²) in [5, 5.41) is 14.0. The quantitative estimate of drug-likeness (QED) is 0.778. The number of nitrogens with one attached hydrogen (secondary N) is 2. The van der Waals surface area contributed by atoms with Crippen LogP contribution in [0.15, 0.2) is 41.0 Å². The fourth-order valence-electron chi connectivity index (χ4n) is 1.76. The molecule has 0 aliphatic heterocycles. The summed E-state index contributed by atoms with van der Waals surface area (Å²) < 4.78 is 5.02. The molecule has 0 saturated heterocycles. The Kier molecular flexibility index (Phi) is 4.73. The Labute approximate surface area is 121 Å². The third-order valence-corrected chi connectivity index (χ3v) is 2.89. The van der Waals surface area contributed by atoms with Gasteiger partial charge in [-0.1, -0.05) is 6.07 Å². The number of hydrogen-bond acceptors (Lipinski definition) is 4. The average Bonchev–Trinajstić information content (AvgIpc) is 3.01. The Morgan fingerprint density at radius 2 is 2.05 bits per heavy atom. The second-order valence-corrected chi connectivity index (χ2v) is 4.44. The van der Waals surface area contributed by atoms with Crippen molar-refractivity contribution in [3.05, 3.63) is 53.5 Å². The van der Waals surface area contributed by atoms with E-state index in [1.54, 1.807) is 30.3 Å². The van der Waals surface area contributed by atoms with Crippen LogP contribution in [0.4, 0.5) is 5.69 Å². The van der Waals surface area contributed by atoms with Crippen molar-refractivity contribution in [2.24, 2.45) is 0 Å². The molecule has 0 atom stereocenters. The second kappa shape index (κ2) is 6.71. The summed E-state index contributed by atoms with van der Waals surface area (Å²) in [7, 11) is 0. The van der Waals surface area contributed by atoms with E-state index in [1.807, 2.05) is 6.92 Å². The van der Waals surface area contributed by atoms with E-state index in [9.17, 15) is 9.59 Å². The van der Waals surface area contributed by atoms with Gasteiger partial charge in [0.2, 0.25) is 0 Å². The van der Waals surface area contributed by atoms with Crippen LogP contribution >= 0.6 is 0 Å². The van der Waals surface area contributed by atoms with E-state index in [0.29, 0.717) is 11.3 Å². The number of aliphatic hydroxyl groups is 1. The van der Waals surface area contributed by atoms with Crippen LogP contribution in [0.5, 0.6) is 0 Å². The Morgan fingerprint density at radius 1 is 1.24 bits per heavy atom. The first kappa shape index (κ1) is 14.8. The SMILES string of the molecule is Cc1ccc(C(=O)NCCO)cc1NC(=O)c1ccco1. The number of anilines is 1. The minimum Gasteiger partial charge on any atom is -0.459 e. The lowest BCUT2D eigenvalue weighted by Crippen LogP contribution is -2.26. The van der Waals surface area contributed by atoms with Crippen molar-refractivity contribution in [2.45, 2.75) is 6.92 Å². The molecular weight excluding hydrogens is 272 g/mol. The van der Waals surface area contributed by atoms with Gasteiger partial charge in [0.05, 0.1) is 12.9 Å². The number of rotatable bonds is 5. The number of aryl methyl sites for hydroxylation is 1. The minimum atomic E-state index is -0.379. The average molecular weight is 288 g/mol. The van der Waals surface area contributed by atoms with Crippen LogP contribution < -0.4 is 10.6 Å². The smallest absolute Gasteiger partial charge is 0.291 e. The zero-order valence-electron chi connectivity index (χ0n) is 11.6. The van der Waals surface area contributed by atoms with Gasteiger partial charge in [-0.05, 0) is 36.8 Å². The van der Waals surface area contributed by atoms with Gasteiger partial charge in [0.15, 0.2) is 5.76 Å². The maximum Gasteiger partial charge on any atom is 0.291 e. The molecule has 0 saturated carbocycles. The predicted molar refractivity (Wildman–Crippen MR) is 77.3 cm³/mol. The molecule has 0 spiro atoms. The molecule has 2 amide bonds. The molecule has 1 aromatic carbocycles. The van der Waals surface area contributed by atoms with E-state index < -0.39 is 0 Å². The first-order valence-corrected chi connectivity index (χ1v) is 6.46. The van der Waals surface area contributed by atoms with Crippen LogP contribution in [0.3, 0.4) is 0 Å². The van der Waals surface area contributed by atoms with Crippen LogP contribution in [0.25, 0.3) is 0 Å². The lowest BCUT2D eigenvalue weighted by atomic mass is 10.1. The van der Waals surface area contributed by atoms with Gasteiger partial charge in [0, 0.05) is 17.8 Å². The molecule has 6 heteroatoms. The highest BCUT2D eigenvalue weighted by molar-refractivity contribution is 6.03. The van der Waals surface area contributed by atoms with E-state index in [1.165, 1.54) is 6.26 Å². The summed E-state index contributed by atoms with van der Waals surface area (Å²) in [5.41, 5.74) is 1.77. The molecule has 1 heterocycles. The van der Waals surface area contributed by atoms with Crippen molar-refractivity contribution in [3.8, 4) is 0 Å². The number of furan rings is 1. The summed E-state index contributed by atoms with van der Waals surface area (Å²) in [6, 6.07) is 8.17. The van der Waals surface area contributed by atoms with E-state index in [2.05, 4.69) is 10.6 Å². The monoisotopic (exact) mass is 288 g/mol. The van der Waals surface area contributed by atoms with Crippen molar-refractivity contribution in [1.29, 1.82) is 0 Å². The molecule has 6 nitrogen and oxygen atoms in total. The van der Waals surface area contributed by atoms with E-state index in [0.717, 1.165) is 5.56 Å². The first-order chi connectivity index (χ1) is 10.1. The molecule has 3 N–H and O–H groups in total.